The lowest BCUT2D eigenvalue weighted by atomic mass is 10.2. The van der Waals surface area contributed by atoms with Gasteiger partial charge in [0.25, 0.3) is 0 Å². The minimum atomic E-state index is -0.342. The van der Waals surface area contributed by atoms with E-state index < -0.39 is 0 Å². The van der Waals surface area contributed by atoms with E-state index >= 15 is 0 Å². The maximum Gasteiger partial charge on any atom is 0.300 e. The number of carbonyl (C=O) groups excluding carboxylic acids is 1. The van der Waals surface area contributed by atoms with Gasteiger partial charge in [0, 0.05) is 35.0 Å². The average molecular weight is 261 g/mol. The van der Waals surface area contributed by atoms with Crippen LogP contribution in [0.25, 0.3) is 11.0 Å². The number of benzene rings is 1. The van der Waals surface area contributed by atoms with Crippen LogP contribution < -0.4 is 5.32 Å². The number of amides is 1. The van der Waals surface area contributed by atoms with E-state index in [1.54, 1.807) is 6.20 Å². The number of fused-ring (bicyclic) bond motifs is 1. The average Bonchev–Trinajstić information content (AvgIpc) is 2.93. The van der Waals surface area contributed by atoms with E-state index in [4.69, 9.17) is 0 Å². The lowest BCUT2D eigenvalue weighted by molar-refractivity contribution is -0.111. The van der Waals surface area contributed by atoms with E-state index in [0.29, 0.717) is 5.56 Å². The van der Waals surface area contributed by atoms with E-state index in [2.05, 4.69) is 27.1 Å². The summed E-state index contributed by atoms with van der Waals surface area (Å²) < 4.78 is 0. The van der Waals surface area contributed by atoms with Crippen molar-refractivity contribution in [1.29, 1.82) is 0 Å². The molecule has 2 heterocycles. The summed E-state index contributed by atoms with van der Waals surface area (Å²) in [7, 11) is 0. The molecule has 3 rings (SSSR count). The third-order valence-corrected chi connectivity index (χ3v) is 2.75. The zero-order valence-electron chi connectivity index (χ0n) is 10.6. The van der Waals surface area contributed by atoms with E-state index in [9.17, 15) is 4.79 Å². The van der Waals surface area contributed by atoms with Crippen LogP contribution in [0.3, 0.4) is 0 Å². The van der Waals surface area contributed by atoms with Crippen molar-refractivity contribution in [2.24, 2.45) is 0 Å². The zero-order chi connectivity index (χ0) is 13.8. The van der Waals surface area contributed by atoms with Crippen molar-refractivity contribution < 1.29 is 4.79 Å². The fraction of sp³-hybridized carbons (Fsp3) is 0. The van der Waals surface area contributed by atoms with Gasteiger partial charge in [0.15, 0.2) is 0 Å². The number of rotatable bonds is 1. The third-order valence-electron chi connectivity index (χ3n) is 2.75. The van der Waals surface area contributed by atoms with Crippen LogP contribution in [0, 0.1) is 11.8 Å². The van der Waals surface area contributed by atoms with Crippen LogP contribution in [0.15, 0.2) is 54.9 Å². The Morgan fingerprint density at radius 3 is 2.90 bits per heavy atom. The molecule has 0 spiro atoms. The molecule has 2 aromatic heterocycles. The Bertz CT molecular complexity index is 810. The molecule has 0 aliphatic heterocycles. The predicted molar refractivity (Wildman–Crippen MR) is 78.0 cm³/mol. The van der Waals surface area contributed by atoms with E-state index in [-0.39, 0.29) is 5.91 Å². The summed E-state index contributed by atoms with van der Waals surface area (Å²) in [6.07, 6.45) is 3.46. The molecular weight excluding hydrogens is 250 g/mol. The molecule has 0 fully saturated rings. The highest BCUT2D eigenvalue weighted by molar-refractivity contribution is 6.04. The van der Waals surface area contributed by atoms with Crippen molar-refractivity contribution in [3.63, 3.8) is 0 Å². The number of carbonyl (C=O) groups is 1. The van der Waals surface area contributed by atoms with Crippen molar-refractivity contribution >= 4 is 22.6 Å². The highest BCUT2D eigenvalue weighted by Crippen LogP contribution is 2.10. The molecule has 2 N–H and O–H groups in total. The van der Waals surface area contributed by atoms with Gasteiger partial charge in [-0.05, 0) is 24.3 Å². The van der Waals surface area contributed by atoms with E-state index in [1.807, 2.05) is 48.7 Å². The van der Waals surface area contributed by atoms with Crippen molar-refractivity contribution in [2.75, 3.05) is 5.32 Å². The molecule has 1 aromatic carbocycles. The first-order chi connectivity index (χ1) is 9.81. The van der Waals surface area contributed by atoms with Crippen molar-refractivity contribution in [2.45, 2.75) is 0 Å². The number of para-hydroxylation sites is 1. The first-order valence-electron chi connectivity index (χ1n) is 6.12. The summed E-state index contributed by atoms with van der Waals surface area (Å²) in [5.74, 6) is 5.02. The number of aromatic amines is 1. The third kappa shape index (κ3) is 2.68. The number of pyridine rings is 1. The number of nitrogens with zero attached hydrogens (tertiary/aromatic N) is 1. The van der Waals surface area contributed by atoms with E-state index in [1.165, 1.54) is 0 Å². The molecule has 0 saturated heterocycles. The summed E-state index contributed by atoms with van der Waals surface area (Å²) in [5.41, 5.74) is 2.25. The molecule has 4 heteroatoms. The van der Waals surface area contributed by atoms with Gasteiger partial charge < -0.3 is 10.3 Å². The highest BCUT2D eigenvalue weighted by Gasteiger charge is 1.98. The van der Waals surface area contributed by atoms with Gasteiger partial charge in [0.1, 0.15) is 5.65 Å². The monoisotopic (exact) mass is 261 g/mol. The highest BCUT2D eigenvalue weighted by atomic mass is 16.1. The zero-order valence-corrected chi connectivity index (χ0v) is 10.6. The Kier molecular flexibility index (Phi) is 3.17. The lowest BCUT2D eigenvalue weighted by Crippen LogP contribution is -2.08. The maximum atomic E-state index is 11.7. The minimum Gasteiger partial charge on any atom is -0.346 e. The largest absolute Gasteiger partial charge is 0.346 e. The van der Waals surface area contributed by atoms with Crippen LogP contribution in [0.2, 0.25) is 0 Å². The molecule has 20 heavy (non-hydrogen) atoms. The molecule has 3 aromatic rings. The number of hydrogen-bond acceptors (Lipinski definition) is 2. The Labute approximate surface area is 115 Å². The topological polar surface area (TPSA) is 57.8 Å². The Hall–Kier alpha value is -3.06. The van der Waals surface area contributed by atoms with Gasteiger partial charge >= 0.3 is 5.91 Å². The van der Waals surface area contributed by atoms with Gasteiger partial charge in [-0.3, -0.25) is 4.79 Å². The number of aromatic nitrogens is 2. The van der Waals surface area contributed by atoms with Crippen LogP contribution in [0.4, 0.5) is 5.69 Å². The fourth-order valence-corrected chi connectivity index (χ4v) is 1.82. The SMILES string of the molecule is O=C(C#Cc1cnc2[nH]ccc2c1)Nc1ccccc1. The van der Waals surface area contributed by atoms with Crippen molar-refractivity contribution in [3.05, 3.63) is 60.4 Å². The molecule has 4 nitrogen and oxygen atoms in total. The normalized spacial score (nSPS) is 9.80. The van der Waals surface area contributed by atoms with Crippen molar-refractivity contribution in [1.82, 2.24) is 9.97 Å². The Morgan fingerprint density at radius 1 is 1.20 bits per heavy atom. The number of H-pyrrole nitrogens is 1. The van der Waals surface area contributed by atoms with Gasteiger partial charge in [-0.1, -0.05) is 24.1 Å². The smallest absolute Gasteiger partial charge is 0.300 e. The molecule has 0 radical (unpaired) electrons. The van der Waals surface area contributed by atoms with E-state index in [0.717, 1.165) is 16.7 Å². The standard InChI is InChI=1S/C16H11N3O/c20-15(19-14-4-2-1-3-5-14)7-6-12-10-13-8-9-17-16(13)18-11-12/h1-5,8-11H,(H,17,18)(H,19,20). The van der Waals surface area contributed by atoms with Crippen LogP contribution in [-0.2, 0) is 4.79 Å². The molecule has 0 atom stereocenters. The summed E-state index contributed by atoms with van der Waals surface area (Å²) in [6, 6.07) is 13.0. The maximum absolute atomic E-state index is 11.7. The molecule has 1 amide bonds. The second kappa shape index (κ2) is 5.29. The summed E-state index contributed by atoms with van der Waals surface area (Å²) >= 11 is 0. The quantitative estimate of drug-likeness (QED) is 0.661. The fourth-order valence-electron chi connectivity index (χ4n) is 1.82. The van der Waals surface area contributed by atoms with Gasteiger partial charge in [-0.15, -0.1) is 0 Å². The molecule has 96 valence electrons. The first-order valence-corrected chi connectivity index (χ1v) is 6.12. The lowest BCUT2D eigenvalue weighted by Gasteiger charge is -1.98. The van der Waals surface area contributed by atoms with Gasteiger partial charge in [-0.25, -0.2) is 4.98 Å². The summed E-state index contributed by atoms with van der Waals surface area (Å²) in [6.45, 7) is 0. The predicted octanol–water partition coefficient (Wildman–Crippen LogP) is 2.55. The second-order valence-electron chi connectivity index (χ2n) is 4.21. The summed E-state index contributed by atoms with van der Waals surface area (Å²) in [4.78, 5) is 18.9. The molecular formula is C16H11N3O. The summed E-state index contributed by atoms with van der Waals surface area (Å²) in [5, 5.41) is 3.68. The van der Waals surface area contributed by atoms with Gasteiger partial charge in [0.2, 0.25) is 0 Å². The molecule has 0 saturated carbocycles. The molecule has 0 unspecified atom stereocenters. The van der Waals surface area contributed by atoms with Crippen LogP contribution in [0.5, 0.6) is 0 Å². The van der Waals surface area contributed by atoms with Crippen molar-refractivity contribution in [3.8, 4) is 11.8 Å². The molecule has 0 bridgehead atoms. The Balaban J connectivity index is 1.75. The second-order valence-corrected chi connectivity index (χ2v) is 4.21. The van der Waals surface area contributed by atoms with Gasteiger partial charge in [-0.2, -0.15) is 0 Å². The van der Waals surface area contributed by atoms with Gasteiger partial charge in [0.05, 0.1) is 0 Å². The Morgan fingerprint density at radius 2 is 2.05 bits per heavy atom. The number of nitrogens with one attached hydrogen (secondary N) is 2. The first kappa shape index (κ1) is 12.0. The van der Waals surface area contributed by atoms with Crippen LogP contribution in [0.1, 0.15) is 5.56 Å². The minimum absolute atomic E-state index is 0.342. The molecule has 0 aliphatic rings. The molecule has 0 aliphatic carbocycles. The number of hydrogen-bond donors (Lipinski definition) is 2. The van der Waals surface area contributed by atoms with Crippen LogP contribution in [-0.4, -0.2) is 15.9 Å². The van der Waals surface area contributed by atoms with Crippen LogP contribution >= 0.6 is 0 Å². The number of anilines is 1.